The van der Waals surface area contributed by atoms with Crippen molar-refractivity contribution in [3.05, 3.63) is 16.1 Å². The monoisotopic (exact) mass is 317 g/mol. The van der Waals surface area contributed by atoms with E-state index in [1.165, 1.54) is 0 Å². The van der Waals surface area contributed by atoms with Gasteiger partial charge < -0.3 is 15.7 Å². The summed E-state index contributed by atoms with van der Waals surface area (Å²) >= 11 is 12.3. The number of nitrogens with one attached hydrogen (secondary N) is 2. The molecule has 3 N–H and O–H groups in total. The van der Waals surface area contributed by atoms with Gasteiger partial charge in [0.05, 0.1) is 22.2 Å². The molecular formula is C14H21Cl2N3O. The lowest BCUT2D eigenvalue weighted by Crippen LogP contribution is -2.39. The van der Waals surface area contributed by atoms with Gasteiger partial charge in [0, 0.05) is 6.54 Å². The zero-order chi connectivity index (χ0) is 14.6. The highest BCUT2D eigenvalue weighted by molar-refractivity contribution is 6.37. The molecule has 1 aliphatic rings. The molecule has 1 aromatic heterocycles. The summed E-state index contributed by atoms with van der Waals surface area (Å²) in [5.41, 5.74) is -0.299. The molecule has 1 aliphatic carbocycles. The van der Waals surface area contributed by atoms with Gasteiger partial charge in [0.1, 0.15) is 11.6 Å². The first-order chi connectivity index (χ1) is 9.60. The summed E-state index contributed by atoms with van der Waals surface area (Å²) in [5.74, 6) is 1.22. The van der Waals surface area contributed by atoms with E-state index in [-0.39, 0.29) is 12.1 Å². The molecular weight excluding hydrogens is 297 g/mol. The first-order valence-corrected chi connectivity index (χ1v) is 7.85. The number of nitrogens with zero attached hydrogens (tertiary/aromatic N) is 1. The molecule has 0 saturated heterocycles. The molecule has 20 heavy (non-hydrogen) atoms. The van der Waals surface area contributed by atoms with E-state index >= 15 is 0 Å². The van der Waals surface area contributed by atoms with Gasteiger partial charge in [-0.3, -0.25) is 0 Å². The van der Waals surface area contributed by atoms with Crippen molar-refractivity contribution >= 4 is 34.8 Å². The number of anilines is 2. The van der Waals surface area contributed by atoms with Crippen molar-refractivity contribution in [2.75, 3.05) is 23.8 Å². The number of aliphatic hydroxyl groups is 1. The molecule has 2 rings (SSSR count). The van der Waals surface area contributed by atoms with E-state index in [9.17, 15) is 5.11 Å². The highest BCUT2D eigenvalue weighted by atomic mass is 35.5. The molecule has 1 aromatic rings. The predicted octanol–water partition coefficient (Wildman–Crippen LogP) is 3.93. The fourth-order valence-electron chi connectivity index (χ4n) is 2.55. The second-order valence-electron chi connectivity index (χ2n) is 5.35. The minimum Gasteiger partial charge on any atom is -0.394 e. The smallest absolute Gasteiger partial charge is 0.147 e. The molecule has 0 unspecified atom stereocenters. The highest BCUT2D eigenvalue weighted by Gasteiger charge is 2.34. The summed E-state index contributed by atoms with van der Waals surface area (Å²) in [4.78, 5) is 4.47. The minimum atomic E-state index is -0.299. The third-order valence-electron chi connectivity index (χ3n) is 3.72. The van der Waals surface area contributed by atoms with Gasteiger partial charge in [0.15, 0.2) is 0 Å². The molecule has 1 fully saturated rings. The Labute approximate surface area is 129 Å². The maximum Gasteiger partial charge on any atom is 0.147 e. The first kappa shape index (κ1) is 15.7. The molecule has 0 bridgehead atoms. The van der Waals surface area contributed by atoms with Crippen molar-refractivity contribution in [2.24, 2.45) is 0 Å². The van der Waals surface area contributed by atoms with E-state index in [0.717, 1.165) is 38.6 Å². The number of hydrogen-bond donors (Lipinski definition) is 3. The Bertz CT molecular complexity index is 462. The summed E-state index contributed by atoms with van der Waals surface area (Å²) in [6, 6.07) is 1.69. The Morgan fingerprint density at radius 2 is 1.90 bits per heavy atom. The molecule has 0 aliphatic heterocycles. The molecule has 0 atom stereocenters. The third kappa shape index (κ3) is 3.48. The van der Waals surface area contributed by atoms with Gasteiger partial charge in [-0.1, -0.05) is 43.0 Å². The van der Waals surface area contributed by atoms with Crippen LogP contribution in [0.3, 0.4) is 0 Å². The number of aliphatic hydroxyl groups excluding tert-OH is 1. The van der Waals surface area contributed by atoms with Gasteiger partial charge in [0.25, 0.3) is 0 Å². The van der Waals surface area contributed by atoms with Crippen LogP contribution in [-0.2, 0) is 0 Å². The topological polar surface area (TPSA) is 57.2 Å². The normalized spacial score (nSPS) is 17.2. The van der Waals surface area contributed by atoms with Crippen LogP contribution >= 0.6 is 23.2 Å². The van der Waals surface area contributed by atoms with Crippen LogP contribution in [0.15, 0.2) is 6.07 Å². The third-order valence-corrected chi connectivity index (χ3v) is 4.30. The van der Waals surface area contributed by atoms with Gasteiger partial charge in [0.2, 0.25) is 0 Å². The maximum absolute atomic E-state index is 9.66. The van der Waals surface area contributed by atoms with Gasteiger partial charge in [-0.2, -0.15) is 0 Å². The van der Waals surface area contributed by atoms with Crippen LogP contribution in [-0.4, -0.2) is 28.8 Å². The Kier molecular flexibility index (Phi) is 5.35. The first-order valence-electron chi connectivity index (χ1n) is 7.09. The van der Waals surface area contributed by atoms with E-state index in [2.05, 4.69) is 22.5 Å². The van der Waals surface area contributed by atoms with Crippen LogP contribution in [0.1, 0.15) is 39.0 Å². The second kappa shape index (κ2) is 6.83. The number of hydrogen-bond acceptors (Lipinski definition) is 4. The molecule has 4 nitrogen and oxygen atoms in total. The fourth-order valence-corrected chi connectivity index (χ4v) is 3.02. The highest BCUT2D eigenvalue weighted by Crippen LogP contribution is 2.36. The molecule has 112 valence electrons. The van der Waals surface area contributed by atoms with Gasteiger partial charge in [-0.15, -0.1) is 0 Å². The average Bonchev–Trinajstić information content (AvgIpc) is 2.90. The molecule has 0 spiro atoms. The average molecular weight is 318 g/mol. The van der Waals surface area contributed by atoms with Gasteiger partial charge in [-0.05, 0) is 25.3 Å². The Morgan fingerprint density at radius 1 is 1.25 bits per heavy atom. The fraction of sp³-hybridized carbons (Fsp3) is 0.643. The van der Waals surface area contributed by atoms with Crippen molar-refractivity contribution in [2.45, 2.75) is 44.6 Å². The van der Waals surface area contributed by atoms with Crippen LogP contribution in [0, 0.1) is 0 Å². The molecule has 1 heterocycles. The van der Waals surface area contributed by atoms with Crippen LogP contribution in [0.4, 0.5) is 11.6 Å². The van der Waals surface area contributed by atoms with Crippen molar-refractivity contribution < 1.29 is 5.11 Å². The second-order valence-corrected chi connectivity index (χ2v) is 6.16. The Morgan fingerprint density at radius 3 is 2.50 bits per heavy atom. The molecule has 1 saturated carbocycles. The van der Waals surface area contributed by atoms with Gasteiger partial charge >= 0.3 is 0 Å². The van der Waals surface area contributed by atoms with Crippen LogP contribution < -0.4 is 10.6 Å². The molecule has 6 heteroatoms. The lowest BCUT2D eigenvalue weighted by Gasteiger charge is -2.29. The maximum atomic E-state index is 9.66. The SMILES string of the molecule is CCCNc1nc(NC2(CO)CCCC2)c(Cl)cc1Cl. The predicted molar refractivity (Wildman–Crippen MR) is 84.9 cm³/mol. The number of rotatable bonds is 6. The summed E-state index contributed by atoms with van der Waals surface area (Å²) in [7, 11) is 0. The summed E-state index contributed by atoms with van der Waals surface area (Å²) in [5, 5.41) is 17.2. The zero-order valence-electron chi connectivity index (χ0n) is 11.7. The summed E-state index contributed by atoms with van der Waals surface area (Å²) < 4.78 is 0. The van der Waals surface area contributed by atoms with E-state index in [0.29, 0.717) is 21.7 Å². The van der Waals surface area contributed by atoms with Crippen molar-refractivity contribution in [1.82, 2.24) is 4.98 Å². The minimum absolute atomic E-state index is 0.0886. The Balaban J connectivity index is 2.22. The van der Waals surface area contributed by atoms with Crippen molar-refractivity contribution in [3.8, 4) is 0 Å². The van der Waals surface area contributed by atoms with E-state index in [1.54, 1.807) is 6.07 Å². The van der Waals surface area contributed by atoms with Crippen molar-refractivity contribution in [1.29, 1.82) is 0 Å². The van der Waals surface area contributed by atoms with E-state index in [1.807, 2.05) is 0 Å². The summed E-state index contributed by atoms with van der Waals surface area (Å²) in [6.45, 7) is 2.97. The number of aromatic nitrogens is 1. The largest absolute Gasteiger partial charge is 0.394 e. The van der Waals surface area contributed by atoms with Gasteiger partial charge in [-0.25, -0.2) is 4.98 Å². The standard InChI is InChI=1S/C14H21Cl2N3O/c1-2-7-17-12-10(15)8-11(16)13(18-12)19-14(9-20)5-3-4-6-14/h8,20H,2-7,9H2,1H3,(H2,17,18,19). The number of halogens is 2. The summed E-state index contributed by atoms with van der Waals surface area (Å²) in [6.07, 6.45) is 5.08. The quantitative estimate of drug-likeness (QED) is 0.744. The van der Waals surface area contributed by atoms with E-state index < -0.39 is 0 Å². The molecule has 0 aromatic carbocycles. The number of pyridine rings is 1. The van der Waals surface area contributed by atoms with Crippen LogP contribution in [0.2, 0.25) is 10.0 Å². The molecule has 0 radical (unpaired) electrons. The van der Waals surface area contributed by atoms with Crippen LogP contribution in [0.5, 0.6) is 0 Å². The lowest BCUT2D eigenvalue weighted by molar-refractivity contribution is 0.214. The Hall–Kier alpha value is -0.710. The van der Waals surface area contributed by atoms with Crippen molar-refractivity contribution in [3.63, 3.8) is 0 Å². The van der Waals surface area contributed by atoms with Crippen LogP contribution in [0.25, 0.3) is 0 Å². The lowest BCUT2D eigenvalue weighted by atomic mass is 9.99. The van der Waals surface area contributed by atoms with E-state index in [4.69, 9.17) is 23.2 Å². The zero-order valence-corrected chi connectivity index (χ0v) is 13.2. The molecule has 0 amide bonds.